The molecule has 1 aliphatic carbocycles. The van der Waals surface area contributed by atoms with Gasteiger partial charge in [0.25, 0.3) is 0 Å². The standard InChI is InChI=1S/C11H15BrN2O/c1-7-10(12)8(2)14(11(15)13-7)6-9-4-3-5-9/h9H,3-6H2,1-2H3. The molecule has 1 aromatic rings. The van der Waals surface area contributed by atoms with Gasteiger partial charge in [-0.3, -0.25) is 4.57 Å². The molecule has 0 saturated heterocycles. The van der Waals surface area contributed by atoms with Crippen LogP contribution < -0.4 is 5.69 Å². The first-order chi connectivity index (χ1) is 7.09. The molecule has 0 N–H and O–H groups in total. The summed E-state index contributed by atoms with van der Waals surface area (Å²) in [5.41, 5.74) is 1.67. The Kier molecular flexibility index (Phi) is 2.96. The summed E-state index contributed by atoms with van der Waals surface area (Å²) in [7, 11) is 0. The molecule has 3 nitrogen and oxygen atoms in total. The molecular weight excluding hydrogens is 256 g/mol. The highest BCUT2D eigenvalue weighted by Gasteiger charge is 2.20. The molecule has 0 aliphatic heterocycles. The van der Waals surface area contributed by atoms with E-state index in [-0.39, 0.29) is 5.69 Å². The van der Waals surface area contributed by atoms with E-state index < -0.39 is 0 Å². The SMILES string of the molecule is Cc1nc(=O)n(CC2CCC2)c(C)c1Br. The number of hydrogen-bond acceptors (Lipinski definition) is 2. The highest BCUT2D eigenvalue weighted by molar-refractivity contribution is 9.10. The average Bonchev–Trinajstić information content (AvgIpc) is 2.11. The topological polar surface area (TPSA) is 34.9 Å². The fraction of sp³-hybridized carbons (Fsp3) is 0.636. The van der Waals surface area contributed by atoms with Crippen LogP contribution in [0.3, 0.4) is 0 Å². The van der Waals surface area contributed by atoms with E-state index in [0.29, 0.717) is 5.92 Å². The summed E-state index contributed by atoms with van der Waals surface area (Å²) in [5, 5.41) is 0. The Labute approximate surface area is 97.7 Å². The number of rotatable bonds is 2. The molecular formula is C11H15BrN2O. The highest BCUT2D eigenvalue weighted by atomic mass is 79.9. The maximum Gasteiger partial charge on any atom is 0.348 e. The maximum absolute atomic E-state index is 11.7. The zero-order valence-electron chi connectivity index (χ0n) is 9.09. The number of aromatic nitrogens is 2. The molecule has 0 aromatic carbocycles. The number of halogens is 1. The zero-order valence-corrected chi connectivity index (χ0v) is 10.7. The lowest BCUT2D eigenvalue weighted by atomic mass is 9.85. The molecule has 0 unspecified atom stereocenters. The van der Waals surface area contributed by atoms with Crippen LogP contribution >= 0.6 is 15.9 Å². The van der Waals surface area contributed by atoms with E-state index in [1.807, 2.05) is 13.8 Å². The van der Waals surface area contributed by atoms with Gasteiger partial charge < -0.3 is 0 Å². The first-order valence-electron chi connectivity index (χ1n) is 5.33. The fourth-order valence-electron chi connectivity index (χ4n) is 1.93. The molecule has 1 aliphatic rings. The van der Waals surface area contributed by atoms with E-state index in [9.17, 15) is 4.79 Å². The lowest BCUT2D eigenvalue weighted by Crippen LogP contribution is -2.31. The van der Waals surface area contributed by atoms with Crippen molar-refractivity contribution in [3.63, 3.8) is 0 Å². The van der Waals surface area contributed by atoms with Crippen molar-refractivity contribution in [2.24, 2.45) is 5.92 Å². The van der Waals surface area contributed by atoms with Crippen molar-refractivity contribution in [2.45, 2.75) is 39.7 Å². The smallest absolute Gasteiger partial charge is 0.295 e. The van der Waals surface area contributed by atoms with E-state index in [4.69, 9.17) is 0 Å². The largest absolute Gasteiger partial charge is 0.348 e. The van der Waals surface area contributed by atoms with Crippen molar-refractivity contribution in [1.29, 1.82) is 0 Å². The molecule has 0 spiro atoms. The summed E-state index contributed by atoms with van der Waals surface area (Å²) in [6, 6.07) is 0. The molecule has 1 fully saturated rings. The Balaban J connectivity index is 2.36. The Morgan fingerprint density at radius 3 is 2.67 bits per heavy atom. The van der Waals surface area contributed by atoms with Crippen molar-refractivity contribution in [3.8, 4) is 0 Å². The summed E-state index contributed by atoms with van der Waals surface area (Å²) in [5.74, 6) is 0.679. The minimum absolute atomic E-state index is 0.111. The molecule has 4 heteroatoms. The quantitative estimate of drug-likeness (QED) is 0.828. The Morgan fingerprint density at radius 2 is 2.13 bits per heavy atom. The first-order valence-corrected chi connectivity index (χ1v) is 6.12. The third kappa shape index (κ3) is 2.00. The summed E-state index contributed by atoms with van der Waals surface area (Å²) in [6.07, 6.45) is 3.80. The molecule has 1 saturated carbocycles. The average molecular weight is 271 g/mol. The second-order valence-corrected chi connectivity index (χ2v) is 5.08. The van der Waals surface area contributed by atoms with Crippen LogP contribution in [0.2, 0.25) is 0 Å². The van der Waals surface area contributed by atoms with Crippen LogP contribution in [0.4, 0.5) is 0 Å². The van der Waals surface area contributed by atoms with Gasteiger partial charge in [-0.1, -0.05) is 6.42 Å². The number of hydrogen-bond donors (Lipinski definition) is 0. The van der Waals surface area contributed by atoms with Gasteiger partial charge in [-0.25, -0.2) is 4.79 Å². The molecule has 0 bridgehead atoms. The molecule has 82 valence electrons. The molecule has 1 aromatic heterocycles. The molecule has 2 rings (SSSR count). The van der Waals surface area contributed by atoms with Gasteiger partial charge in [0.2, 0.25) is 0 Å². The number of nitrogens with zero attached hydrogens (tertiary/aromatic N) is 2. The van der Waals surface area contributed by atoms with E-state index in [0.717, 1.165) is 22.4 Å². The van der Waals surface area contributed by atoms with Crippen LogP contribution in [0.25, 0.3) is 0 Å². The van der Waals surface area contributed by atoms with Gasteiger partial charge in [0.15, 0.2) is 0 Å². The first kappa shape index (κ1) is 10.9. The predicted octanol–water partition coefficient (Wildman–Crippen LogP) is 2.42. The molecule has 15 heavy (non-hydrogen) atoms. The maximum atomic E-state index is 11.7. The molecule has 0 radical (unpaired) electrons. The van der Waals surface area contributed by atoms with Crippen molar-refractivity contribution in [2.75, 3.05) is 0 Å². The Morgan fingerprint density at radius 1 is 1.47 bits per heavy atom. The Bertz CT molecular complexity index is 435. The van der Waals surface area contributed by atoms with E-state index in [1.165, 1.54) is 19.3 Å². The van der Waals surface area contributed by atoms with Crippen molar-refractivity contribution < 1.29 is 0 Å². The molecule has 0 atom stereocenters. The lowest BCUT2D eigenvalue weighted by Gasteiger charge is -2.26. The lowest BCUT2D eigenvalue weighted by molar-refractivity contribution is 0.270. The third-order valence-electron chi connectivity index (χ3n) is 3.20. The van der Waals surface area contributed by atoms with Crippen LogP contribution in [0, 0.1) is 19.8 Å². The van der Waals surface area contributed by atoms with Gasteiger partial charge in [0, 0.05) is 12.2 Å². The second kappa shape index (κ2) is 4.08. The van der Waals surface area contributed by atoms with Gasteiger partial charge in [0.05, 0.1) is 10.2 Å². The second-order valence-electron chi connectivity index (χ2n) is 4.29. The number of aryl methyl sites for hydroxylation is 1. The zero-order chi connectivity index (χ0) is 11.0. The summed E-state index contributed by atoms with van der Waals surface area (Å²) < 4.78 is 2.75. The minimum Gasteiger partial charge on any atom is -0.295 e. The summed E-state index contributed by atoms with van der Waals surface area (Å²) in [6.45, 7) is 4.65. The van der Waals surface area contributed by atoms with Crippen molar-refractivity contribution in [3.05, 3.63) is 26.3 Å². The predicted molar refractivity (Wildman–Crippen MR) is 63.0 cm³/mol. The highest BCUT2D eigenvalue weighted by Crippen LogP contribution is 2.28. The van der Waals surface area contributed by atoms with Crippen molar-refractivity contribution in [1.82, 2.24) is 9.55 Å². The molecule has 0 amide bonds. The summed E-state index contributed by atoms with van der Waals surface area (Å²) in [4.78, 5) is 15.7. The fourth-order valence-corrected chi connectivity index (χ4v) is 2.23. The monoisotopic (exact) mass is 270 g/mol. The van der Waals surface area contributed by atoms with Crippen LogP contribution in [-0.2, 0) is 6.54 Å². The summed E-state index contributed by atoms with van der Waals surface area (Å²) >= 11 is 3.47. The van der Waals surface area contributed by atoms with Gasteiger partial charge in [-0.15, -0.1) is 0 Å². The Hall–Kier alpha value is -0.640. The van der Waals surface area contributed by atoms with Gasteiger partial charge >= 0.3 is 5.69 Å². The van der Waals surface area contributed by atoms with Crippen LogP contribution in [-0.4, -0.2) is 9.55 Å². The van der Waals surface area contributed by atoms with E-state index >= 15 is 0 Å². The molecule has 1 heterocycles. The van der Waals surface area contributed by atoms with Gasteiger partial charge in [0.1, 0.15) is 0 Å². The van der Waals surface area contributed by atoms with Crippen molar-refractivity contribution >= 4 is 15.9 Å². The normalized spacial score (nSPS) is 16.5. The van der Waals surface area contributed by atoms with Gasteiger partial charge in [-0.05, 0) is 48.5 Å². The van der Waals surface area contributed by atoms with Crippen LogP contribution in [0.1, 0.15) is 30.7 Å². The van der Waals surface area contributed by atoms with E-state index in [1.54, 1.807) is 4.57 Å². The van der Waals surface area contributed by atoms with E-state index in [2.05, 4.69) is 20.9 Å². The van der Waals surface area contributed by atoms with Crippen LogP contribution in [0.15, 0.2) is 9.27 Å². The van der Waals surface area contributed by atoms with Crippen LogP contribution in [0.5, 0.6) is 0 Å². The third-order valence-corrected chi connectivity index (χ3v) is 4.35. The minimum atomic E-state index is -0.111. The van der Waals surface area contributed by atoms with Gasteiger partial charge in [-0.2, -0.15) is 4.98 Å².